The van der Waals surface area contributed by atoms with Crippen molar-refractivity contribution in [2.45, 2.75) is 6.92 Å². The van der Waals surface area contributed by atoms with E-state index in [1.54, 1.807) is 33.5 Å². The number of allylic oxidation sites excluding steroid dienone is 1. The van der Waals surface area contributed by atoms with Gasteiger partial charge >= 0.3 is 0 Å². The summed E-state index contributed by atoms with van der Waals surface area (Å²) in [6.45, 7) is 1.94. The van der Waals surface area contributed by atoms with Gasteiger partial charge in [0.2, 0.25) is 5.13 Å². The van der Waals surface area contributed by atoms with Crippen molar-refractivity contribution in [2.24, 2.45) is 5.10 Å². The fourth-order valence-corrected chi connectivity index (χ4v) is 3.75. The van der Waals surface area contributed by atoms with Crippen LogP contribution in [-0.4, -0.2) is 42.0 Å². The van der Waals surface area contributed by atoms with Crippen LogP contribution in [0.1, 0.15) is 17.1 Å². The van der Waals surface area contributed by atoms with E-state index in [1.807, 2.05) is 48.7 Å². The van der Waals surface area contributed by atoms with Crippen molar-refractivity contribution in [3.8, 4) is 17.2 Å². The number of benzene rings is 2. The molecule has 0 atom stereocenters. The summed E-state index contributed by atoms with van der Waals surface area (Å²) >= 11 is 1.48. The van der Waals surface area contributed by atoms with Gasteiger partial charge in [0.1, 0.15) is 23.0 Å². The first-order valence-corrected chi connectivity index (χ1v) is 10.7. The highest BCUT2D eigenvalue weighted by molar-refractivity contribution is 7.13. The molecular formula is C23H23N5O3S. The Kier molecular flexibility index (Phi) is 6.37. The Hall–Kier alpha value is -3.85. The maximum atomic E-state index is 5.55. The average Bonchev–Trinajstić information content (AvgIpc) is 3.44. The van der Waals surface area contributed by atoms with Crippen LogP contribution in [-0.2, 0) is 0 Å². The summed E-state index contributed by atoms with van der Waals surface area (Å²) in [5.41, 5.74) is 7.08. The molecule has 0 aliphatic rings. The lowest BCUT2D eigenvalue weighted by atomic mass is 10.1. The summed E-state index contributed by atoms with van der Waals surface area (Å²) in [6.07, 6.45) is 3.72. The van der Waals surface area contributed by atoms with Crippen molar-refractivity contribution < 1.29 is 14.2 Å². The zero-order valence-corrected chi connectivity index (χ0v) is 19.0. The number of methoxy groups -OCH3 is 3. The molecule has 0 aliphatic carbocycles. The molecule has 0 unspecified atom stereocenters. The molecule has 0 radical (unpaired) electrons. The SMILES string of the molecule is COc1cc(OC)c(/C=C/C(=N/Nc2nc(C)cs2)c2nc3ccccc3[nH]2)c(OC)c1. The second-order valence-electron chi connectivity index (χ2n) is 6.78. The molecule has 4 rings (SSSR count). The highest BCUT2D eigenvalue weighted by Gasteiger charge is 2.13. The van der Waals surface area contributed by atoms with Crippen LogP contribution in [0, 0.1) is 6.92 Å². The minimum absolute atomic E-state index is 0.592. The third kappa shape index (κ3) is 4.57. The van der Waals surface area contributed by atoms with Crippen molar-refractivity contribution >= 4 is 39.3 Å². The predicted octanol–water partition coefficient (Wildman–Crippen LogP) is 4.88. The first kappa shape index (κ1) is 21.4. The van der Waals surface area contributed by atoms with Gasteiger partial charge in [-0.3, -0.25) is 5.43 Å². The van der Waals surface area contributed by atoms with Crippen molar-refractivity contribution in [1.29, 1.82) is 0 Å². The first-order chi connectivity index (χ1) is 15.6. The van der Waals surface area contributed by atoms with E-state index in [-0.39, 0.29) is 0 Å². The van der Waals surface area contributed by atoms with Crippen LogP contribution in [0.4, 0.5) is 5.13 Å². The number of nitrogens with zero attached hydrogens (tertiary/aromatic N) is 3. The molecule has 0 aliphatic heterocycles. The zero-order valence-electron chi connectivity index (χ0n) is 18.2. The second kappa shape index (κ2) is 9.52. The first-order valence-electron chi connectivity index (χ1n) is 9.80. The summed E-state index contributed by atoms with van der Waals surface area (Å²) < 4.78 is 16.4. The molecule has 0 fully saturated rings. The molecule has 0 bridgehead atoms. The van der Waals surface area contributed by atoms with Gasteiger partial charge < -0.3 is 19.2 Å². The Morgan fingerprint density at radius 3 is 2.44 bits per heavy atom. The number of imidazole rings is 1. The maximum absolute atomic E-state index is 5.55. The molecule has 2 aromatic carbocycles. The van der Waals surface area contributed by atoms with Gasteiger partial charge in [0.15, 0.2) is 5.82 Å². The number of hydrogen-bond donors (Lipinski definition) is 2. The Bertz CT molecular complexity index is 1230. The molecule has 0 saturated heterocycles. The molecule has 32 heavy (non-hydrogen) atoms. The summed E-state index contributed by atoms with van der Waals surface area (Å²) in [4.78, 5) is 12.4. The predicted molar refractivity (Wildman–Crippen MR) is 128 cm³/mol. The lowest BCUT2D eigenvalue weighted by molar-refractivity contribution is 0.374. The number of fused-ring (bicyclic) bond motifs is 1. The number of ether oxygens (including phenoxy) is 3. The fraction of sp³-hybridized carbons (Fsp3) is 0.174. The highest BCUT2D eigenvalue weighted by atomic mass is 32.1. The van der Waals surface area contributed by atoms with Gasteiger partial charge in [-0.15, -0.1) is 11.3 Å². The average molecular weight is 450 g/mol. The van der Waals surface area contributed by atoms with Crippen LogP contribution >= 0.6 is 11.3 Å². The van der Waals surface area contributed by atoms with Crippen LogP contribution in [0.2, 0.25) is 0 Å². The minimum Gasteiger partial charge on any atom is -0.496 e. The molecular weight excluding hydrogens is 426 g/mol. The number of hydrazone groups is 1. The van der Waals surface area contributed by atoms with Crippen LogP contribution in [0.5, 0.6) is 17.2 Å². The topological polar surface area (TPSA) is 93.6 Å². The van der Waals surface area contributed by atoms with Gasteiger partial charge in [-0.05, 0) is 31.2 Å². The quantitative estimate of drug-likeness (QED) is 0.294. The number of aromatic nitrogens is 3. The van der Waals surface area contributed by atoms with Crippen molar-refractivity contribution in [3.63, 3.8) is 0 Å². The molecule has 0 saturated carbocycles. The van der Waals surface area contributed by atoms with Crippen molar-refractivity contribution in [1.82, 2.24) is 15.0 Å². The minimum atomic E-state index is 0.592. The van der Waals surface area contributed by atoms with Gasteiger partial charge in [0, 0.05) is 17.5 Å². The number of H-pyrrole nitrogens is 1. The molecule has 2 N–H and O–H groups in total. The maximum Gasteiger partial charge on any atom is 0.203 e. The molecule has 0 spiro atoms. The third-order valence-corrected chi connectivity index (χ3v) is 5.55. The van der Waals surface area contributed by atoms with E-state index in [0.717, 1.165) is 22.3 Å². The Morgan fingerprint density at radius 2 is 1.81 bits per heavy atom. The molecule has 9 heteroatoms. The number of aromatic amines is 1. The van der Waals surface area contributed by atoms with E-state index in [0.29, 0.717) is 33.9 Å². The number of nitrogens with one attached hydrogen (secondary N) is 2. The molecule has 4 aromatic rings. The summed E-state index contributed by atoms with van der Waals surface area (Å²) in [7, 11) is 4.81. The number of rotatable bonds is 8. The van der Waals surface area contributed by atoms with Gasteiger partial charge in [0.25, 0.3) is 0 Å². The van der Waals surface area contributed by atoms with Gasteiger partial charge in [0.05, 0.1) is 43.6 Å². The van der Waals surface area contributed by atoms with Crippen molar-refractivity contribution in [2.75, 3.05) is 26.8 Å². The lowest BCUT2D eigenvalue weighted by Crippen LogP contribution is -2.04. The molecule has 2 aromatic heterocycles. The number of para-hydroxylation sites is 2. The monoisotopic (exact) mass is 449 g/mol. The number of hydrogen-bond acceptors (Lipinski definition) is 8. The normalized spacial score (nSPS) is 11.8. The largest absolute Gasteiger partial charge is 0.496 e. The summed E-state index contributed by atoms with van der Waals surface area (Å²) in [5, 5.41) is 7.22. The van der Waals surface area contributed by atoms with E-state index in [9.17, 15) is 0 Å². The van der Waals surface area contributed by atoms with Gasteiger partial charge in [-0.25, -0.2) is 9.97 Å². The number of anilines is 1. The van der Waals surface area contributed by atoms with Gasteiger partial charge in [-0.2, -0.15) is 5.10 Å². The standard InChI is InChI=1S/C23H23N5O3S/c1-14-13-32-23(24-14)28-27-19(22-25-17-7-5-6-8-18(17)26-22)10-9-16-20(30-3)11-15(29-2)12-21(16)31-4/h5-13H,1-4H3,(H,24,28)(H,25,26)/b10-9+,27-19-. The van der Waals surface area contributed by atoms with Gasteiger partial charge in [-0.1, -0.05) is 12.1 Å². The number of thiazole rings is 1. The Balaban J connectivity index is 1.76. The smallest absolute Gasteiger partial charge is 0.203 e. The Labute approximate surface area is 189 Å². The zero-order chi connectivity index (χ0) is 22.5. The molecule has 8 nitrogen and oxygen atoms in total. The van der Waals surface area contributed by atoms with E-state index < -0.39 is 0 Å². The van der Waals surface area contributed by atoms with E-state index in [2.05, 4.69) is 25.5 Å². The van der Waals surface area contributed by atoms with Crippen LogP contribution in [0.25, 0.3) is 17.1 Å². The lowest BCUT2D eigenvalue weighted by Gasteiger charge is -2.12. The van der Waals surface area contributed by atoms with Crippen LogP contribution < -0.4 is 19.6 Å². The molecule has 164 valence electrons. The van der Waals surface area contributed by atoms with E-state index in [1.165, 1.54) is 11.3 Å². The molecule has 0 amide bonds. The molecule has 2 heterocycles. The summed E-state index contributed by atoms with van der Waals surface area (Å²) in [6, 6.07) is 11.4. The fourth-order valence-electron chi connectivity index (χ4n) is 3.12. The van der Waals surface area contributed by atoms with E-state index >= 15 is 0 Å². The Morgan fingerprint density at radius 1 is 1.06 bits per heavy atom. The van der Waals surface area contributed by atoms with Crippen molar-refractivity contribution in [3.05, 3.63) is 64.9 Å². The number of aryl methyl sites for hydroxylation is 1. The van der Waals surface area contributed by atoms with Crippen LogP contribution in [0.3, 0.4) is 0 Å². The summed E-state index contributed by atoms with van der Waals surface area (Å²) in [5.74, 6) is 2.49. The third-order valence-electron chi connectivity index (χ3n) is 4.68. The van der Waals surface area contributed by atoms with Crippen LogP contribution in [0.15, 0.2) is 53.0 Å². The van der Waals surface area contributed by atoms with E-state index in [4.69, 9.17) is 14.2 Å². The highest BCUT2D eigenvalue weighted by Crippen LogP contribution is 2.35. The second-order valence-corrected chi connectivity index (χ2v) is 7.64.